The summed E-state index contributed by atoms with van der Waals surface area (Å²) < 4.78 is 2.61. The van der Waals surface area contributed by atoms with Gasteiger partial charge in [0.1, 0.15) is 6.07 Å². The highest BCUT2D eigenvalue weighted by Gasteiger charge is 2.06. The summed E-state index contributed by atoms with van der Waals surface area (Å²) in [6.45, 7) is 0. The van der Waals surface area contributed by atoms with Gasteiger partial charge >= 0.3 is 0 Å². The zero-order valence-corrected chi connectivity index (χ0v) is 8.77. The van der Waals surface area contributed by atoms with Gasteiger partial charge in [-0.3, -0.25) is 0 Å². The number of nitriles is 1. The minimum Gasteiger partial charge on any atom is -0.305 e. The van der Waals surface area contributed by atoms with E-state index >= 15 is 0 Å². The van der Waals surface area contributed by atoms with Crippen molar-refractivity contribution in [2.24, 2.45) is 0 Å². The maximum atomic E-state index is 8.98. The fourth-order valence-corrected chi connectivity index (χ4v) is 1.68. The minimum atomic E-state index is 0.616. The van der Waals surface area contributed by atoms with E-state index in [1.807, 2.05) is 29.0 Å². The van der Waals surface area contributed by atoms with Crippen molar-refractivity contribution >= 4 is 15.9 Å². The molecule has 2 aromatic rings. The second-order valence-corrected chi connectivity index (χ2v) is 3.57. The first-order valence-electron chi connectivity index (χ1n) is 4.00. The SMILES string of the molecule is N#Cc1c(Br)cccc1-n1ccnc1. The molecule has 4 heteroatoms. The van der Waals surface area contributed by atoms with E-state index in [4.69, 9.17) is 5.26 Å². The predicted molar refractivity (Wildman–Crippen MR) is 56.0 cm³/mol. The topological polar surface area (TPSA) is 41.6 Å². The smallest absolute Gasteiger partial charge is 0.103 e. The van der Waals surface area contributed by atoms with Gasteiger partial charge in [-0.15, -0.1) is 0 Å². The van der Waals surface area contributed by atoms with Gasteiger partial charge in [0.05, 0.1) is 17.6 Å². The van der Waals surface area contributed by atoms with Gasteiger partial charge < -0.3 is 4.57 Å². The number of rotatable bonds is 1. The lowest BCUT2D eigenvalue weighted by molar-refractivity contribution is 1.05. The molecule has 68 valence electrons. The summed E-state index contributed by atoms with van der Waals surface area (Å²) in [6.07, 6.45) is 5.16. The Kier molecular flexibility index (Phi) is 2.33. The minimum absolute atomic E-state index is 0.616. The van der Waals surface area contributed by atoms with Gasteiger partial charge in [0.25, 0.3) is 0 Å². The van der Waals surface area contributed by atoms with Crippen LogP contribution in [-0.4, -0.2) is 9.55 Å². The van der Waals surface area contributed by atoms with Crippen LogP contribution < -0.4 is 0 Å². The Balaban J connectivity index is 2.66. The zero-order valence-electron chi connectivity index (χ0n) is 7.18. The van der Waals surface area contributed by atoms with Crippen molar-refractivity contribution in [3.05, 3.63) is 47.0 Å². The molecule has 0 fully saturated rings. The van der Waals surface area contributed by atoms with Crippen LogP contribution in [0.3, 0.4) is 0 Å². The van der Waals surface area contributed by atoms with E-state index in [0.717, 1.165) is 10.2 Å². The first kappa shape index (κ1) is 8.97. The van der Waals surface area contributed by atoms with E-state index in [2.05, 4.69) is 27.0 Å². The number of benzene rings is 1. The Bertz CT molecular complexity index is 483. The van der Waals surface area contributed by atoms with E-state index in [1.54, 1.807) is 12.5 Å². The average Bonchev–Trinajstić information content (AvgIpc) is 2.70. The van der Waals surface area contributed by atoms with Gasteiger partial charge in [0, 0.05) is 16.9 Å². The van der Waals surface area contributed by atoms with Crippen LogP contribution in [0.25, 0.3) is 5.69 Å². The highest BCUT2D eigenvalue weighted by molar-refractivity contribution is 9.10. The third kappa shape index (κ3) is 1.42. The van der Waals surface area contributed by atoms with Gasteiger partial charge in [-0.25, -0.2) is 4.98 Å². The fraction of sp³-hybridized carbons (Fsp3) is 0. The summed E-state index contributed by atoms with van der Waals surface area (Å²) >= 11 is 3.34. The largest absolute Gasteiger partial charge is 0.305 e. The Morgan fingerprint density at radius 1 is 1.43 bits per heavy atom. The van der Waals surface area contributed by atoms with Crippen molar-refractivity contribution in [3.8, 4) is 11.8 Å². The van der Waals surface area contributed by atoms with Crippen LogP contribution in [0.1, 0.15) is 5.56 Å². The van der Waals surface area contributed by atoms with E-state index in [-0.39, 0.29) is 0 Å². The lowest BCUT2D eigenvalue weighted by atomic mass is 10.2. The summed E-state index contributed by atoms with van der Waals surface area (Å²) in [5.74, 6) is 0. The third-order valence-corrected chi connectivity index (χ3v) is 2.55. The van der Waals surface area contributed by atoms with Gasteiger partial charge in [0.2, 0.25) is 0 Å². The first-order chi connectivity index (χ1) is 6.83. The molecular formula is C10H6BrN3. The molecule has 0 aliphatic rings. The third-order valence-electron chi connectivity index (χ3n) is 1.89. The van der Waals surface area contributed by atoms with Crippen LogP contribution in [0, 0.1) is 11.3 Å². The highest BCUT2D eigenvalue weighted by Crippen LogP contribution is 2.22. The Hall–Kier alpha value is -1.60. The van der Waals surface area contributed by atoms with Gasteiger partial charge in [0.15, 0.2) is 0 Å². The van der Waals surface area contributed by atoms with E-state index in [9.17, 15) is 0 Å². The second-order valence-electron chi connectivity index (χ2n) is 2.72. The van der Waals surface area contributed by atoms with Crippen molar-refractivity contribution in [2.45, 2.75) is 0 Å². The predicted octanol–water partition coefficient (Wildman–Crippen LogP) is 2.51. The standard InChI is InChI=1S/C10H6BrN3/c11-9-2-1-3-10(8(9)6-12)14-5-4-13-7-14/h1-5,7H. The van der Waals surface area contributed by atoms with E-state index in [1.165, 1.54) is 0 Å². The lowest BCUT2D eigenvalue weighted by Crippen LogP contribution is -1.94. The van der Waals surface area contributed by atoms with Gasteiger partial charge in [-0.2, -0.15) is 5.26 Å². The molecule has 0 bridgehead atoms. The molecule has 0 aliphatic heterocycles. The van der Waals surface area contributed by atoms with Crippen LogP contribution >= 0.6 is 15.9 Å². The molecule has 0 radical (unpaired) electrons. The number of imidazole rings is 1. The van der Waals surface area contributed by atoms with Crippen LogP contribution in [0.2, 0.25) is 0 Å². The van der Waals surface area contributed by atoms with Crippen molar-refractivity contribution in [1.29, 1.82) is 5.26 Å². The molecule has 0 atom stereocenters. The molecule has 1 heterocycles. The summed E-state index contributed by atoms with van der Waals surface area (Å²) in [4.78, 5) is 3.94. The number of halogens is 1. The summed E-state index contributed by atoms with van der Waals surface area (Å²) in [7, 11) is 0. The Labute approximate surface area is 89.8 Å². The lowest BCUT2D eigenvalue weighted by Gasteiger charge is -2.05. The van der Waals surface area contributed by atoms with Crippen LogP contribution in [0.15, 0.2) is 41.4 Å². The molecule has 0 N–H and O–H groups in total. The number of nitrogens with zero attached hydrogens (tertiary/aromatic N) is 3. The second kappa shape index (κ2) is 3.64. The monoisotopic (exact) mass is 247 g/mol. The van der Waals surface area contributed by atoms with Crippen molar-refractivity contribution in [1.82, 2.24) is 9.55 Å². The van der Waals surface area contributed by atoms with Crippen molar-refractivity contribution in [2.75, 3.05) is 0 Å². The van der Waals surface area contributed by atoms with Crippen LogP contribution in [-0.2, 0) is 0 Å². The van der Waals surface area contributed by atoms with Gasteiger partial charge in [-0.1, -0.05) is 6.07 Å². The molecule has 0 saturated heterocycles. The average molecular weight is 248 g/mol. The van der Waals surface area contributed by atoms with Gasteiger partial charge in [-0.05, 0) is 28.1 Å². The molecule has 0 unspecified atom stereocenters. The van der Waals surface area contributed by atoms with E-state index < -0.39 is 0 Å². The molecule has 14 heavy (non-hydrogen) atoms. The van der Waals surface area contributed by atoms with Crippen LogP contribution in [0.5, 0.6) is 0 Å². The maximum absolute atomic E-state index is 8.98. The molecule has 1 aromatic heterocycles. The molecule has 0 amide bonds. The summed E-state index contributed by atoms with van der Waals surface area (Å²) in [5.41, 5.74) is 1.45. The van der Waals surface area contributed by atoms with Crippen LogP contribution in [0.4, 0.5) is 0 Å². The molecule has 0 saturated carbocycles. The molecule has 0 aliphatic carbocycles. The molecule has 1 aromatic carbocycles. The molecule has 2 rings (SSSR count). The Morgan fingerprint density at radius 2 is 2.29 bits per heavy atom. The normalized spacial score (nSPS) is 9.71. The maximum Gasteiger partial charge on any atom is 0.103 e. The highest BCUT2D eigenvalue weighted by atomic mass is 79.9. The molecule has 0 spiro atoms. The molecule has 3 nitrogen and oxygen atoms in total. The zero-order chi connectivity index (χ0) is 9.97. The summed E-state index contributed by atoms with van der Waals surface area (Å²) in [6, 6.07) is 7.77. The van der Waals surface area contributed by atoms with Crippen molar-refractivity contribution in [3.63, 3.8) is 0 Å². The summed E-state index contributed by atoms with van der Waals surface area (Å²) in [5, 5.41) is 8.98. The number of aromatic nitrogens is 2. The quantitative estimate of drug-likeness (QED) is 0.777. The van der Waals surface area contributed by atoms with Crippen molar-refractivity contribution < 1.29 is 0 Å². The fourth-order valence-electron chi connectivity index (χ4n) is 1.24. The number of hydrogen-bond acceptors (Lipinski definition) is 2. The molecular weight excluding hydrogens is 242 g/mol. The first-order valence-corrected chi connectivity index (χ1v) is 4.79. The van der Waals surface area contributed by atoms with E-state index in [0.29, 0.717) is 5.56 Å². The number of hydrogen-bond donors (Lipinski definition) is 0. The Morgan fingerprint density at radius 3 is 2.93 bits per heavy atom.